The summed E-state index contributed by atoms with van der Waals surface area (Å²) in [5, 5.41) is 0. The smallest absolute Gasteiger partial charge is 0.404 e. The molecule has 0 aromatic carbocycles. The van der Waals surface area contributed by atoms with Crippen molar-refractivity contribution in [2.45, 2.75) is 26.7 Å². The number of rotatable bonds is 7. The molecule has 0 heterocycles. The van der Waals surface area contributed by atoms with E-state index >= 15 is 0 Å². The molecule has 0 aromatic heterocycles. The van der Waals surface area contributed by atoms with Gasteiger partial charge in [-0.1, -0.05) is 26.7 Å². The van der Waals surface area contributed by atoms with Crippen LogP contribution in [-0.2, 0) is 9.47 Å². The van der Waals surface area contributed by atoms with Crippen molar-refractivity contribution < 1.29 is 19.1 Å². The predicted octanol–water partition coefficient (Wildman–Crippen LogP) is 1.23. The number of ether oxygens (including phenoxy) is 2. The third-order valence-electron chi connectivity index (χ3n) is 2.43. The van der Waals surface area contributed by atoms with Gasteiger partial charge in [0.2, 0.25) is 0 Å². The minimum Gasteiger partial charge on any atom is -0.449 e. The first-order valence-electron chi connectivity index (χ1n) is 5.31. The molecule has 0 saturated heterocycles. The van der Waals surface area contributed by atoms with E-state index in [2.05, 4.69) is 6.92 Å². The Morgan fingerprint density at radius 1 is 1.12 bits per heavy atom. The molecule has 0 aliphatic carbocycles. The van der Waals surface area contributed by atoms with Gasteiger partial charge in [-0.05, 0) is 5.92 Å². The lowest BCUT2D eigenvalue weighted by Crippen LogP contribution is -2.29. The second-order valence-corrected chi connectivity index (χ2v) is 3.79. The Kier molecular flexibility index (Phi) is 7.07. The molecule has 0 rings (SSSR count). The number of carbonyl (C=O) groups excluding carboxylic acids is 2. The molecule has 0 fully saturated rings. The molecular weight excluding hydrogens is 212 g/mol. The van der Waals surface area contributed by atoms with Gasteiger partial charge in [-0.3, -0.25) is 0 Å². The van der Waals surface area contributed by atoms with Crippen molar-refractivity contribution in [1.29, 1.82) is 0 Å². The number of hydrogen-bond donors (Lipinski definition) is 2. The molecule has 4 N–H and O–H groups in total. The van der Waals surface area contributed by atoms with Gasteiger partial charge in [0.15, 0.2) is 0 Å². The van der Waals surface area contributed by atoms with Gasteiger partial charge in [0, 0.05) is 5.92 Å². The molecule has 0 bridgehead atoms. The van der Waals surface area contributed by atoms with Gasteiger partial charge < -0.3 is 20.9 Å². The monoisotopic (exact) mass is 232 g/mol. The Labute approximate surface area is 95.3 Å². The van der Waals surface area contributed by atoms with Gasteiger partial charge in [-0.25, -0.2) is 9.59 Å². The summed E-state index contributed by atoms with van der Waals surface area (Å²) in [5.41, 5.74) is 9.75. The molecule has 1 unspecified atom stereocenters. The van der Waals surface area contributed by atoms with Crippen molar-refractivity contribution in [3.63, 3.8) is 0 Å². The third kappa shape index (κ3) is 6.92. The Hall–Kier alpha value is -1.46. The second kappa shape index (κ2) is 7.78. The molecule has 0 aliphatic heterocycles. The van der Waals surface area contributed by atoms with E-state index in [0.717, 1.165) is 12.8 Å². The highest BCUT2D eigenvalue weighted by molar-refractivity contribution is 5.65. The number of amides is 2. The first-order chi connectivity index (χ1) is 7.47. The molecule has 0 spiro atoms. The van der Waals surface area contributed by atoms with Crippen LogP contribution in [0.4, 0.5) is 9.59 Å². The summed E-state index contributed by atoms with van der Waals surface area (Å²) in [6.07, 6.45) is 0.306. The van der Waals surface area contributed by atoms with Gasteiger partial charge >= 0.3 is 12.2 Å². The Bertz CT molecular complexity index is 215. The van der Waals surface area contributed by atoms with Crippen LogP contribution < -0.4 is 11.5 Å². The Morgan fingerprint density at radius 2 is 1.56 bits per heavy atom. The van der Waals surface area contributed by atoms with E-state index < -0.39 is 12.2 Å². The fourth-order valence-corrected chi connectivity index (χ4v) is 1.45. The normalized spacial score (nSPS) is 12.2. The average molecular weight is 232 g/mol. The summed E-state index contributed by atoms with van der Waals surface area (Å²) < 4.78 is 9.42. The number of nitrogens with two attached hydrogens (primary N) is 2. The van der Waals surface area contributed by atoms with Crippen molar-refractivity contribution in [2.75, 3.05) is 13.2 Å². The van der Waals surface area contributed by atoms with E-state index in [1.165, 1.54) is 0 Å². The predicted molar refractivity (Wildman–Crippen MR) is 58.6 cm³/mol. The van der Waals surface area contributed by atoms with Crippen LogP contribution in [0.25, 0.3) is 0 Å². The molecule has 6 heteroatoms. The molecule has 94 valence electrons. The number of hydrogen-bond acceptors (Lipinski definition) is 4. The standard InChI is InChI=1S/C10H20N2O4/c1-3-4-7(2)8(5-15-9(11)13)6-16-10(12)14/h7-8H,3-6H2,1-2H3,(H2,11,13)(H2,12,14). The maximum atomic E-state index is 10.5. The van der Waals surface area contributed by atoms with Gasteiger partial charge in [0.05, 0.1) is 13.2 Å². The van der Waals surface area contributed by atoms with Gasteiger partial charge in [0.1, 0.15) is 0 Å². The van der Waals surface area contributed by atoms with E-state index in [1.54, 1.807) is 0 Å². The molecule has 16 heavy (non-hydrogen) atoms. The SMILES string of the molecule is CCCC(C)C(COC(N)=O)COC(N)=O. The van der Waals surface area contributed by atoms with Gasteiger partial charge in [-0.2, -0.15) is 0 Å². The van der Waals surface area contributed by atoms with Crippen LogP contribution in [0.2, 0.25) is 0 Å². The fraction of sp³-hybridized carbons (Fsp3) is 0.800. The summed E-state index contributed by atoms with van der Waals surface area (Å²) in [6, 6.07) is 0. The Morgan fingerprint density at radius 3 is 1.88 bits per heavy atom. The van der Waals surface area contributed by atoms with Crippen LogP contribution >= 0.6 is 0 Å². The lowest BCUT2D eigenvalue weighted by molar-refractivity contribution is 0.0708. The minimum absolute atomic E-state index is 0.0695. The highest BCUT2D eigenvalue weighted by Gasteiger charge is 2.19. The summed E-state index contributed by atoms with van der Waals surface area (Å²) in [6.45, 7) is 4.34. The largest absolute Gasteiger partial charge is 0.449 e. The second-order valence-electron chi connectivity index (χ2n) is 3.79. The fourth-order valence-electron chi connectivity index (χ4n) is 1.45. The third-order valence-corrected chi connectivity index (χ3v) is 2.43. The number of primary amides is 2. The van der Waals surface area contributed by atoms with E-state index in [1.807, 2.05) is 6.92 Å². The van der Waals surface area contributed by atoms with Crippen LogP contribution in [0, 0.1) is 11.8 Å². The van der Waals surface area contributed by atoms with Crippen molar-refractivity contribution in [1.82, 2.24) is 0 Å². The average Bonchev–Trinajstić information content (AvgIpc) is 2.17. The van der Waals surface area contributed by atoms with Gasteiger partial charge in [0.25, 0.3) is 0 Å². The molecule has 0 aromatic rings. The summed E-state index contributed by atoms with van der Waals surface area (Å²) >= 11 is 0. The lowest BCUT2D eigenvalue weighted by atomic mass is 9.91. The minimum atomic E-state index is -0.826. The summed E-state index contributed by atoms with van der Waals surface area (Å²) in [5.74, 6) is 0.198. The van der Waals surface area contributed by atoms with Crippen LogP contribution in [0.15, 0.2) is 0 Å². The molecule has 0 saturated carbocycles. The number of carbonyl (C=O) groups is 2. The Balaban J connectivity index is 4.13. The highest BCUT2D eigenvalue weighted by Crippen LogP contribution is 2.18. The van der Waals surface area contributed by atoms with Crippen molar-refractivity contribution in [3.05, 3.63) is 0 Å². The van der Waals surface area contributed by atoms with Crippen molar-refractivity contribution in [3.8, 4) is 0 Å². The summed E-state index contributed by atoms with van der Waals surface area (Å²) in [7, 11) is 0. The van der Waals surface area contributed by atoms with E-state index in [-0.39, 0.29) is 25.0 Å². The molecular formula is C10H20N2O4. The first kappa shape index (κ1) is 14.5. The van der Waals surface area contributed by atoms with Crippen LogP contribution in [-0.4, -0.2) is 25.4 Å². The lowest BCUT2D eigenvalue weighted by Gasteiger charge is -2.22. The quantitative estimate of drug-likeness (QED) is 0.688. The van der Waals surface area contributed by atoms with E-state index in [9.17, 15) is 9.59 Å². The molecule has 2 amide bonds. The van der Waals surface area contributed by atoms with E-state index in [4.69, 9.17) is 20.9 Å². The van der Waals surface area contributed by atoms with Crippen LogP contribution in [0.1, 0.15) is 26.7 Å². The van der Waals surface area contributed by atoms with E-state index in [0.29, 0.717) is 0 Å². The summed E-state index contributed by atoms with van der Waals surface area (Å²) in [4.78, 5) is 21.0. The van der Waals surface area contributed by atoms with Crippen LogP contribution in [0.3, 0.4) is 0 Å². The maximum absolute atomic E-state index is 10.5. The zero-order valence-corrected chi connectivity index (χ0v) is 9.77. The maximum Gasteiger partial charge on any atom is 0.404 e. The molecule has 0 aliphatic rings. The van der Waals surface area contributed by atoms with Crippen molar-refractivity contribution >= 4 is 12.2 Å². The topological polar surface area (TPSA) is 105 Å². The molecule has 1 atom stereocenters. The zero-order valence-electron chi connectivity index (χ0n) is 9.77. The zero-order chi connectivity index (χ0) is 12.6. The first-order valence-corrected chi connectivity index (χ1v) is 5.31. The molecule has 0 radical (unpaired) electrons. The van der Waals surface area contributed by atoms with Gasteiger partial charge in [-0.15, -0.1) is 0 Å². The van der Waals surface area contributed by atoms with Crippen molar-refractivity contribution in [2.24, 2.45) is 23.3 Å². The van der Waals surface area contributed by atoms with Crippen LogP contribution in [0.5, 0.6) is 0 Å². The highest BCUT2D eigenvalue weighted by atomic mass is 16.6. The molecule has 6 nitrogen and oxygen atoms in total.